The molecule has 0 aliphatic carbocycles. The summed E-state index contributed by atoms with van der Waals surface area (Å²) in [5.74, 6) is 0.0845. The zero-order valence-electron chi connectivity index (χ0n) is 16.8. The third-order valence-corrected chi connectivity index (χ3v) is 5.16. The van der Waals surface area contributed by atoms with Crippen LogP contribution in [0, 0.1) is 12.7 Å². The van der Waals surface area contributed by atoms with Crippen LogP contribution in [0.15, 0.2) is 55.1 Å². The van der Waals surface area contributed by atoms with Crippen LogP contribution in [0.2, 0.25) is 0 Å². The van der Waals surface area contributed by atoms with E-state index in [9.17, 15) is 9.18 Å². The second kappa shape index (κ2) is 8.98. The lowest BCUT2D eigenvalue weighted by Gasteiger charge is -2.25. The van der Waals surface area contributed by atoms with Gasteiger partial charge in [0.15, 0.2) is 0 Å². The van der Waals surface area contributed by atoms with E-state index in [-0.39, 0.29) is 30.8 Å². The van der Waals surface area contributed by atoms with Crippen molar-refractivity contribution in [3.8, 4) is 16.9 Å². The number of amides is 1. The summed E-state index contributed by atoms with van der Waals surface area (Å²) in [4.78, 5) is 27.6. The summed E-state index contributed by atoms with van der Waals surface area (Å²) in [6, 6.07) is 9.89. The highest BCUT2D eigenvalue weighted by atomic mass is 19.1. The molecule has 1 aromatic carbocycles. The largest absolute Gasteiger partial charge is 0.493 e. The fraction of sp³-hybridized carbons (Fsp3) is 0.304. The Kier molecular flexibility index (Phi) is 5.97. The highest BCUT2D eigenvalue weighted by Crippen LogP contribution is 2.33. The van der Waals surface area contributed by atoms with Gasteiger partial charge in [-0.05, 0) is 49.6 Å². The van der Waals surface area contributed by atoms with Crippen LogP contribution in [0.4, 0.5) is 4.39 Å². The monoisotopic (exact) mass is 406 g/mol. The topological polar surface area (TPSA) is 68.2 Å². The lowest BCUT2D eigenvalue weighted by atomic mass is 10.0. The van der Waals surface area contributed by atoms with Crippen molar-refractivity contribution in [3.63, 3.8) is 0 Å². The minimum atomic E-state index is -0.358. The minimum Gasteiger partial charge on any atom is -0.493 e. The van der Waals surface area contributed by atoms with E-state index >= 15 is 0 Å². The van der Waals surface area contributed by atoms with Gasteiger partial charge in [0.25, 0.3) is 0 Å². The summed E-state index contributed by atoms with van der Waals surface area (Å²) in [5, 5.41) is 0. The predicted octanol–water partition coefficient (Wildman–Crippen LogP) is 4.12. The molecule has 0 bridgehead atoms. The van der Waals surface area contributed by atoms with Gasteiger partial charge in [-0.15, -0.1) is 0 Å². The second-order valence-electron chi connectivity index (χ2n) is 7.35. The van der Waals surface area contributed by atoms with Crippen LogP contribution in [0.25, 0.3) is 11.1 Å². The standard InChI is InChI=1S/C23H23FN4O2/c1-16-10-17(18-13-25-15-26-14-18)11-21(27-16)22-6-3-8-28(22)23(29)7-9-30-20-5-2-4-19(24)12-20/h2,4-5,10-15,22H,3,6-9H2,1H3/t22-/m1/s1. The Morgan fingerprint density at radius 1 is 1.20 bits per heavy atom. The number of benzene rings is 1. The van der Waals surface area contributed by atoms with Crippen LogP contribution in [0.3, 0.4) is 0 Å². The third-order valence-electron chi connectivity index (χ3n) is 5.16. The molecule has 4 rings (SSSR count). The number of carbonyl (C=O) groups is 1. The number of ether oxygens (including phenoxy) is 1. The Bertz CT molecular complexity index is 1030. The predicted molar refractivity (Wildman–Crippen MR) is 110 cm³/mol. The van der Waals surface area contributed by atoms with Crippen LogP contribution in [0.1, 0.15) is 36.7 Å². The maximum atomic E-state index is 13.3. The molecule has 0 radical (unpaired) electrons. The highest BCUT2D eigenvalue weighted by molar-refractivity contribution is 5.77. The molecular weight excluding hydrogens is 383 g/mol. The SMILES string of the molecule is Cc1cc(-c2cncnc2)cc([C@H]2CCCN2C(=O)CCOc2cccc(F)c2)n1. The van der Waals surface area contributed by atoms with Gasteiger partial charge in [-0.25, -0.2) is 14.4 Å². The molecule has 2 aromatic heterocycles. The van der Waals surface area contributed by atoms with Gasteiger partial charge < -0.3 is 9.64 Å². The normalized spacial score (nSPS) is 15.9. The molecule has 0 spiro atoms. The van der Waals surface area contributed by atoms with Crippen LogP contribution in [-0.4, -0.2) is 38.9 Å². The minimum absolute atomic E-state index is 0.0156. The zero-order chi connectivity index (χ0) is 20.9. The maximum absolute atomic E-state index is 13.3. The smallest absolute Gasteiger partial charge is 0.226 e. The Labute approximate surface area is 174 Å². The van der Waals surface area contributed by atoms with Crippen molar-refractivity contribution < 1.29 is 13.9 Å². The van der Waals surface area contributed by atoms with Crippen LogP contribution in [0.5, 0.6) is 5.75 Å². The lowest BCUT2D eigenvalue weighted by molar-refractivity contribution is -0.132. The molecule has 3 heterocycles. The maximum Gasteiger partial charge on any atom is 0.226 e. The van der Waals surface area contributed by atoms with Crippen molar-refractivity contribution in [2.24, 2.45) is 0 Å². The Morgan fingerprint density at radius 3 is 2.83 bits per heavy atom. The average Bonchev–Trinajstić information content (AvgIpc) is 3.24. The first-order valence-electron chi connectivity index (χ1n) is 10.0. The number of aromatic nitrogens is 3. The van der Waals surface area contributed by atoms with Gasteiger partial charge in [-0.2, -0.15) is 0 Å². The number of pyridine rings is 1. The first-order chi connectivity index (χ1) is 14.6. The van der Waals surface area contributed by atoms with Crippen molar-refractivity contribution in [1.82, 2.24) is 19.9 Å². The van der Waals surface area contributed by atoms with Gasteiger partial charge in [0.1, 0.15) is 17.9 Å². The number of carbonyl (C=O) groups excluding carboxylic acids is 1. The molecule has 0 N–H and O–H groups in total. The Morgan fingerprint density at radius 2 is 2.03 bits per heavy atom. The third kappa shape index (κ3) is 4.62. The van der Waals surface area contributed by atoms with Crippen molar-refractivity contribution in [2.45, 2.75) is 32.2 Å². The van der Waals surface area contributed by atoms with E-state index < -0.39 is 0 Å². The van der Waals surface area contributed by atoms with E-state index in [2.05, 4.69) is 9.97 Å². The summed E-state index contributed by atoms with van der Waals surface area (Å²) in [5.41, 5.74) is 3.68. The summed E-state index contributed by atoms with van der Waals surface area (Å²) < 4.78 is 18.8. The van der Waals surface area contributed by atoms with Gasteiger partial charge in [0.2, 0.25) is 5.91 Å². The molecule has 30 heavy (non-hydrogen) atoms. The number of aryl methyl sites for hydroxylation is 1. The van der Waals surface area contributed by atoms with Gasteiger partial charge >= 0.3 is 0 Å². The van der Waals surface area contributed by atoms with Crippen molar-refractivity contribution in [2.75, 3.05) is 13.2 Å². The van der Waals surface area contributed by atoms with Crippen LogP contribution >= 0.6 is 0 Å². The number of halogens is 1. The first kappa shape index (κ1) is 19.9. The van der Waals surface area contributed by atoms with Crippen molar-refractivity contribution in [3.05, 3.63) is 72.3 Å². The molecule has 3 aromatic rings. The fourth-order valence-corrected chi connectivity index (χ4v) is 3.81. The molecule has 1 atom stereocenters. The Balaban J connectivity index is 1.45. The lowest BCUT2D eigenvalue weighted by Crippen LogP contribution is -2.32. The molecule has 1 fully saturated rings. The molecule has 0 unspecified atom stereocenters. The number of hydrogen-bond donors (Lipinski definition) is 0. The number of hydrogen-bond acceptors (Lipinski definition) is 5. The fourth-order valence-electron chi connectivity index (χ4n) is 3.81. The molecule has 1 amide bonds. The van der Waals surface area contributed by atoms with E-state index in [1.807, 2.05) is 24.0 Å². The summed E-state index contributed by atoms with van der Waals surface area (Å²) in [7, 11) is 0. The van der Waals surface area contributed by atoms with E-state index in [1.165, 1.54) is 18.5 Å². The van der Waals surface area contributed by atoms with E-state index in [0.29, 0.717) is 12.3 Å². The summed E-state index contributed by atoms with van der Waals surface area (Å²) in [6.45, 7) is 2.85. The van der Waals surface area contributed by atoms with E-state index in [1.54, 1.807) is 24.5 Å². The zero-order valence-corrected chi connectivity index (χ0v) is 16.8. The molecule has 0 saturated carbocycles. The molecule has 6 nitrogen and oxygen atoms in total. The van der Waals surface area contributed by atoms with Crippen molar-refractivity contribution in [1.29, 1.82) is 0 Å². The van der Waals surface area contributed by atoms with Gasteiger partial charge in [-0.3, -0.25) is 9.78 Å². The number of rotatable bonds is 6. The first-order valence-corrected chi connectivity index (χ1v) is 10.0. The molecule has 1 saturated heterocycles. The van der Waals surface area contributed by atoms with Crippen molar-refractivity contribution >= 4 is 5.91 Å². The molecular formula is C23H23FN4O2. The molecule has 7 heteroatoms. The molecule has 154 valence electrons. The van der Waals surface area contributed by atoms with Gasteiger partial charge in [-0.1, -0.05) is 6.07 Å². The molecule has 1 aliphatic heterocycles. The van der Waals surface area contributed by atoms with E-state index in [4.69, 9.17) is 9.72 Å². The average molecular weight is 406 g/mol. The van der Waals surface area contributed by atoms with E-state index in [0.717, 1.165) is 35.4 Å². The summed E-state index contributed by atoms with van der Waals surface area (Å²) >= 11 is 0. The van der Waals surface area contributed by atoms with Gasteiger partial charge in [0.05, 0.1) is 24.8 Å². The second-order valence-corrected chi connectivity index (χ2v) is 7.35. The van der Waals surface area contributed by atoms with Crippen LogP contribution < -0.4 is 4.74 Å². The molecule has 1 aliphatic rings. The quantitative estimate of drug-likeness (QED) is 0.616. The number of likely N-dealkylation sites (tertiary alicyclic amines) is 1. The Hall–Kier alpha value is -3.35. The van der Waals surface area contributed by atoms with Crippen LogP contribution in [-0.2, 0) is 4.79 Å². The highest BCUT2D eigenvalue weighted by Gasteiger charge is 2.31. The van der Waals surface area contributed by atoms with Gasteiger partial charge in [0, 0.05) is 36.3 Å². The number of nitrogens with zero attached hydrogens (tertiary/aromatic N) is 4. The summed E-state index contributed by atoms with van der Waals surface area (Å²) in [6.07, 6.45) is 7.08.